The van der Waals surface area contributed by atoms with E-state index in [4.69, 9.17) is 11.6 Å². The summed E-state index contributed by atoms with van der Waals surface area (Å²) in [6, 6.07) is 0. The first-order valence-electron chi connectivity index (χ1n) is 6.31. The van der Waals surface area contributed by atoms with E-state index >= 15 is 0 Å². The molecule has 0 aliphatic rings. The first kappa shape index (κ1) is 15.2. The maximum absolute atomic E-state index is 12.0. The van der Waals surface area contributed by atoms with Crippen molar-refractivity contribution in [3.05, 3.63) is 16.4 Å². The number of aliphatic hydroxyl groups excluding tert-OH is 1. The number of hydrogen-bond acceptors (Lipinski definition) is 3. The lowest BCUT2D eigenvalue weighted by Crippen LogP contribution is -2.30. The van der Waals surface area contributed by atoms with Crippen LogP contribution in [0.3, 0.4) is 0 Å². The fourth-order valence-electron chi connectivity index (χ4n) is 2.15. The first-order chi connectivity index (χ1) is 8.42. The van der Waals surface area contributed by atoms with Crippen LogP contribution in [0.4, 0.5) is 0 Å². The average Bonchev–Trinajstić information content (AvgIpc) is 2.57. The van der Waals surface area contributed by atoms with E-state index < -0.39 is 6.10 Å². The van der Waals surface area contributed by atoms with Crippen LogP contribution in [0.5, 0.6) is 0 Å². The van der Waals surface area contributed by atoms with Gasteiger partial charge >= 0.3 is 0 Å². The molecule has 0 aliphatic heterocycles. The number of nitrogens with zero attached hydrogens (tertiary/aromatic N) is 2. The summed E-state index contributed by atoms with van der Waals surface area (Å²) in [5, 5.41) is 14.6. The van der Waals surface area contributed by atoms with Crippen molar-refractivity contribution in [1.82, 2.24) is 9.78 Å². The number of halogens is 1. The monoisotopic (exact) mass is 272 g/mol. The smallest absolute Gasteiger partial charge is 0.166 e. The van der Waals surface area contributed by atoms with Gasteiger partial charge in [-0.3, -0.25) is 9.48 Å². The van der Waals surface area contributed by atoms with Gasteiger partial charge in [0.2, 0.25) is 0 Å². The second-order valence-corrected chi connectivity index (χ2v) is 5.00. The van der Waals surface area contributed by atoms with Gasteiger partial charge in [0.1, 0.15) is 11.3 Å². The molecule has 0 aliphatic carbocycles. The van der Waals surface area contributed by atoms with Gasteiger partial charge in [0.15, 0.2) is 5.78 Å². The minimum Gasteiger partial charge on any atom is -0.385 e. The Kier molecular flexibility index (Phi) is 5.35. The van der Waals surface area contributed by atoms with Crippen LogP contribution in [0.1, 0.15) is 37.9 Å². The lowest BCUT2D eigenvalue weighted by atomic mass is 9.91. The van der Waals surface area contributed by atoms with E-state index in [0.717, 1.165) is 18.5 Å². The summed E-state index contributed by atoms with van der Waals surface area (Å²) in [6.07, 6.45) is 0.832. The van der Waals surface area contributed by atoms with Crippen molar-refractivity contribution < 1.29 is 9.90 Å². The Morgan fingerprint density at radius 1 is 1.44 bits per heavy atom. The number of hydrogen-bond donors (Lipinski definition) is 1. The molecule has 18 heavy (non-hydrogen) atoms. The molecule has 0 spiro atoms. The fourth-order valence-corrected chi connectivity index (χ4v) is 2.39. The van der Waals surface area contributed by atoms with E-state index in [0.29, 0.717) is 10.7 Å². The van der Waals surface area contributed by atoms with E-state index in [9.17, 15) is 9.90 Å². The number of carbonyl (C=O) groups excluding carboxylic acids is 1. The van der Waals surface area contributed by atoms with Gasteiger partial charge in [-0.25, -0.2) is 0 Å². The van der Waals surface area contributed by atoms with Crippen molar-refractivity contribution in [2.45, 2.75) is 46.1 Å². The highest BCUT2D eigenvalue weighted by atomic mass is 35.5. The Balaban J connectivity index is 2.81. The Labute approximate surface area is 113 Å². The summed E-state index contributed by atoms with van der Waals surface area (Å²) >= 11 is 6.08. The number of aromatic nitrogens is 2. The Bertz CT molecular complexity index is 425. The van der Waals surface area contributed by atoms with Crippen LogP contribution in [0.15, 0.2) is 0 Å². The molecule has 0 fully saturated rings. The van der Waals surface area contributed by atoms with Gasteiger partial charge in [0.05, 0.1) is 5.69 Å². The van der Waals surface area contributed by atoms with Gasteiger partial charge in [0, 0.05) is 19.0 Å². The highest BCUT2D eigenvalue weighted by molar-refractivity contribution is 6.30. The van der Waals surface area contributed by atoms with Crippen LogP contribution in [-0.2, 0) is 18.3 Å². The van der Waals surface area contributed by atoms with E-state index in [1.54, 1.807) is 11.7 Å². The van der Waals surface area contributed by atoms with Gasteiger partial charge in [-0.05, 0) is 12.8 Å². The maximum atomic E-state index is 12.0. The normalized spacial score (nSPS) is 13.1. The number of ketones is 1. The summed E-state index contributed by atoms with van der Waals surface area (Å²) in [6.45, 7) is 5.78. The zero-order chi connectivity index (χ0) is 13.9. The SMILES string of the molecule is CCC(CC)C(O)C(=O)Cc1c(C)nn(C)c1Cl. The third-order valence-electron chi connectivity index (χ3n) is 3.45. The highest BCUT2D eigenvalue weighted by Crippen LogP contribution is 2.22. The van der Waals surface area contributed by atoms with E-state index in [-0.39, 0.29) is 18.1 Å². The largest absolute Gasteiger partial charge is 0.385 e. The van der Waals surface area contributed by atoms with Crippen LogP contribution in [-0.4, -0.2) is 26.8 Å². The molecule has 1 N–H and O–H groups in total. The van der Waals surface area contributed by atoms with E-state index in [1.807, 2.05) is 20.8 Å². The van der Waals surface area contributed by atoms with Gasteiger partial charge in [-0.15, -0.1) is 0 Å². The molecule has 5 heteroatoms. The molecule has 0 saturated heterocycles. The van der Waals surface area contributed by atoms with Gasteiger partial charge in [0.25, 0.3) is 0 Å². The minimum absolute atomic E-state index is 0.0215. The molecule has 1 unspecified atom stereocenters. The molecule has 1 rings (SSSR count). The number of rotatable bonds is 6. The van der Waals surface area contributed by atoms with Gasteiger partial charge < -0.3 is 5.11 Å². The van der Waals surface area contributed by atoms with Crippen molar-refractivity contribution in [2.24, 2.45) is 13.0 Å². The summed E-state index contributed by atoms with van der Waals surface area (Å²) in [5.41, 5.74) is 1.46. The van der Waals surface area contributed by atoms with Gasteiger partial charge in [-0.1, -0.05) is 38.3 Å². The third-order valence-corrected chi connectivity index (χ3v) is 3.92. The predicted octanol–water partition coefficient (Wildman–Crippen LogP) is 2.29. The summed E-state index contributed by atoms with van der Waals surface area (Å²) in [7, 11) is 1.74. The number of Topliss-reactive ketones (excluding diaryl/α,β-unsaturated/α-hetero) is 1. The van der Waals surface area contributed by atoms with Crippen LogP contribution >= 0.6 is 11.6 Å². The zero-order valence-electron chi connectivity index (χ0n) is 11.4. The number of aliphatic hydroxyl groups is 1. The van der Waals surface area contributed by atoms with Gasteiger partial charge in [-0.2, -0.15) is 5.10 Å². The van der Waals surface area contributed by atoms with Crippen LogP contribution < -0.4 is 0 Å². The van der Waals surface area contributed by atoms with Crippen LogP contribution in [0, 0.1) is 12.8 Å². The molecule has 0 amide bonds. The summed E-state index contributed by atoms with van der Waals surface area (Å²) in [4.78, 5) is 12.0. The molecule has 1 aromatic heterocycles. The molecule has 1 aromatic rings. The summed E-state index contributed by atoms with van der Waals surface area (Å²) in [5.74, 6) is -0.157. The molecular formula is C13H21ClN2O2. The van der Waals surface area contributed by atoms with E-state index in [2.05, 4.69) is 5.10 Å². The Morgan fingerprint density at radius 2 is 2.00 bits per heavy atom. The second-order valence-electron chi connectivity index (χ2n) is 4.64. The first-order valence-corrected chi connectivity index (χ1v) is 6.68. The molecule has 1 heterocycles. The van der Waals surface area contributed by atoms with Crippen LogP contribution in [0.2, 0.25) is 5.15 Å². The second kappa shape index (κ2) is 6.34. The minimum atomic E-state index is -0.907. The molecule has 1 atom stereocenters. The molecule has 0 bridgehead atoms. The zero-order valence-corrected chi connectivity index (χ0v) is 12.2. The van der Waals surface area contributed by atoms with Crippen molar-refractivity contribution in [2.75, 3.05) is 0 Å². The molecule has 0 radical (unpaired) electrons. The van der Waals surface area contributed by atoms with Crippen LogP contribution in [0.25, 0.3) is 0 Å². The molecular weight excluding hydrogens is 252 g/mol. The predicted molar refractivity (Wildman–Crippen MR) is 71.7 cm³/mol. The Morgan fingerprint density at radius 3 is 2.39 bits per heavy atom. The maximum Gasteiger partial charge on any atom is 0.166 e. The highest BCUT2D eigenvalue weighted by Gasteiger charge is 2.25. The quantitative estimate of drug-likeness (QED) is 0.864. The Hall–Kier alpha value is -0.870. The third kappa shape index (κ3) is 3.12. The summed E-state index contributed by atoms with van der Waals surface area (Å²) < 4.78 is 1.54. The number of aryl methyl sites for hydroxylation is 2. The molecule has 0 saturated carbocycles. The van der Waals surface area contributed by atoms with Crippen molar-refractivity contribution >= 4 is 17.4 Å². The van der Waals surface area contributed by atoms with Crippen molar-refractivity contribution in [3.8, 4) is 0 Å². The lowest BCUT2D eigenvalue weighted by molar-refractivity contribution is -0.129. The topological polar surface area (TPSA) is 55.1 Å². The molecule has 0 aromatic carbocycles. The number of carbonyl (C=O) groups is 1. The molecule has 102 valence electrons. The average molecular weight is 273 g/mol. The molecule has 4 nitrogen and oxygen atoms in total. The van der Waals surface area contributed by atoms with Crippen molar-refractivity contribution in [3.63, 3.8) is 0 Å². The van der Waals surface area contributed by atoms with E-state index in [1.165, 1.54) is 0 Å². The standard InChI is InChI=1S/C13H21ClN2O2/c1-5-9(6-2)12(18)11(17)7-10-8(3)15-16(4)13(10)14/h9,12,18H,5-7H2,1-4H3. The fraction of sp³-hybridized carbons (Fsp3) is 0.692. The lowest BCUT2D eigenvalue weighted by Gasteiger charge is -2.18. The van der Waals surface area contributed by atoms with Crippen molar-refractivity contribution in [1.29, 1.82) is 0 Å².